The maximum Gasteiger partial charge on any atom is 0.394 e. The van der Waals surface area contributed by atoms with Gasteiger partial charge in [-0.05, 0) is 19.3 Å². The van der Waals surface area contributed by atoms with E-state index in [0.717, 1.165) is 6.92 Å². The van der Waals surface area contributed by atoms with Crippen molar-refractivity contribution in [3.63, 3.8) is 0 Å². The fourth-order valence-corrected chi connectivity index (χ4v) is 3.04. The molecule has 0 aromatic heterocycles. The van der Waals surface area contributed by atoms with Gasteiger partial charge in [-0.1, -0.05) is 19.1 Å². The van der Waals surface area contributed by atoms with Gasteiger partial charge in [0.2, 0.25) is 0 Å². The molecule has 1 fully saturated rings. The second-order valence-corrected chi connectivity index (χ2v) is 4.79. The lowest BCUT2D eigenvalue weighted by molar-refractivity contribution is -0.193. The maximum absolute atomic E-state index is 12.9. The molecule has 2 unspecified atom stereocenters. The molecular weight excluding hydrogens is 233 g/mol. The monoisotopic (exact) mass is 248 g/mol. The van der Waals surface area contributed by atoms with E-state index in [-0.39, 0.29) is 6.04 Å². The van der Waals surface area contributed by atoms with Gasteiger partial charge in [-0.15, -0.1) is 0 Å². The molecule has 0 aromatic carbocycles. The minimum absolute atomic E-state index is 0.178. The lowest BCUT2D eigenvalue weighted by Crippen LogP contribution is -2.59. The van der Waals surface area contributed by atoms with Crippen LogP contribution >= 0.6 is 0 Å². The van der Waals surface area contributed by atoms with Gasteiger partial charge in [-0.3, -0.25) is 0 Å². The molecule has 2 bridgehead atoms. The first-order valence-corrected chi connectivity index (χ1v) is 5.62. The number of hydrogen-bond donors (Lipinski definition) is 1. The van der Waals surface area contributed by atoms with Crippen LogP contribution in [0.15, 0.2) is 12.2 Å². The number of alkyl halides is 3. The average Bonchev–Trinajstić information content (AvgIpc) is 2.45. The number of carbonyl (C=O) groups is 1. The molecule has 96 valence electrons. The van der Waals surface area contributed by atoms with Gasteiger partial charge in [-0.2, -0.15) is 13.2 Å². The highest BCUT2D eigenvalue weighted by atomic mass is 19.4. The Morgan fingerprint density at radius 2 is 2.24 bits per heavy atom. The number of hydrogen-bond acceptors (Lipinski definition) is 1. The molecule has 0 saturated carbocycles. The van der Waals surface area contributed by atoms with E-state index in [1.165, 1.54) is 11.0 Å². The zero-order chi connectivity index (χ0) is 12.8. The number of rotatable bonds is 1. The van der Waals surface area contributed by atoms with Crippen molar-refractivity contribution in [1.29, 1.82) is 0 Å². The van der Waals surface area contributed by atoms with Crippen LogP contribution in [0.2, 0.25) is 0 Å². The van der Waals surface area contributed by atoms with E-state index in [9.17, 15) is 18.0 Å². The molecule has 2 heterocycles. The number of halogens is 3. The van der Waals surface area contributed by atoms with Gasteiger partial charge in [0.25, 0.3) is 0 Å². The molecule has 17 heavy (non-hydrogen) atoms. The van der Waals surface area contributed by atoms with Crippen molar-refractivity contribution in [1.82, 2.24) is 4.90 Å². The zero-order valence-electron chi connectivity index (χ0n) is 9.50. The third-order valence-corrected chi connectivity index (χ3v) is 3.98. The highest BCUT2D eigenvalue weighted by Crippen LogP contribution is 2.49. The largest absolute Gasteiger partial charge is 0.394 e. The molecule has 0 radical (unpaired) electrons. The maximum atomic E-state index is 12.9. The van der Waals surface area contributed by atoms with Crippen molar-refractivity contribution in [3.8, 4) is 0 Å². The van der Waals surface area contributed by atoms with Gasteiger partial charge in [0.05, 0.1) is 11.5 Å². The number of fused-ring (bicyclic) bond motifs is 2. The topological polar surface area (TPSA) is 46.3 Å². The normalized spacial score (nSPS) is 33.9. The minimum atomic E-state index is -4.33. The first-order valence-electron chi connectivity index (χ1n) is 5.62. The van der Waals surface area contributed by atoms with Crippen LogP contribution in [0.4, 0.5) is 18.0 Å². The lowest BCUT2D eigenvalue weighted by atomic mass is 9.81. The van der Waals surface area contributed by atoms with Crippen molar-refractivity contribution in [3.05, 3.63) is 12.2 Å². The van der Waals surface area contributed by atoms with Gasteiger partial charge in [0.1, 0.15) is 0 Å². The Bertz CT molecular complexity index is 366. The summed E-state index contributed by atoms with van der Waals surface area (Å²) in [5, 5.41) is 0. The molecule has 6 heteroatoms. The molecule has 2 N–H and O–H groups in total. The van der Waals surface area contributed by atoms with Crippen LogP contribution in [0.5, 0.6) is 0 Å². The van der Waals surface area contributed by atoms with Gasteiger partial charge in [0, 0.05) is 6.04 Å². The summed E-state index contributed by atoms with van der Waals surface area (Å²) in [6.45, 7) is 1.12. The van der Waals surface area contributed by atoms with Crippen molar-refractivity contribution in [2.24, 2.45) is 11.7 Å². The summed E-state index contributed by atoms with van der Waals surface area (Å²) in [5.74, 6) is -1.59. The Kier molecular flexibility index (Phi) is 2.63. The van der Waals surface area contributed by atoms with Crippen LogP contribution in [-0.2, 0) is 0 Å². The SMILES string of the molecule is C[C@H](C(F)(F)F)C12C=CCC(CC1)N2C(N)=O. The van der Waals surface area contributed by atoms with Gasteiger partial charge < -0.3 is 10.6 Å². The number of amides is 2. The van der Waals surface area contributed by atoms with Crippen LogP contribution in [0.25, 0.3) is 0 Å². The fourth-order valence-electron chi connectivity index (χ4n) is 3.04. The van der Waals surface area contributed by atoms with E-state index in [0.29, 0.717) is 19.3 Å². The van der Waals surface area contributed by atoms with Crippen LogP contribution < -0.4 is 5.73 Å². The number of carbonyl (C=O) groups excluding carboxylic acids is 1. The van der Waals surface area contributed by atoms with E-state index in [4.69, 9.17) is 5.73 Å². The molecule has 2 rings (SSSR count). The summed E-state index contributed by atoms with van der Waals surface area (Å²) in [7, 11) is 0. The Morgan fingerprint density at radius 3 is 2.76 bits per heavy atom. The van der Waals surface area contributed by atoms with E-state index < -0.39 is 23.7 Å². The smallest absolute Gasteiger partial charge is 0.351 e. The van der Waals surface area contributed by atoms with Crippen LogP contribution in [0.3, 0.4) is 0 Å². The van der Waals surface area contributed by atoms with Crippen molar-refractivity contribution in [2.75, 3.05) is 0 Å². The summed E-state index contributed by atoms with van der Waals surface area (Å²) >= 11 is 0. The standard InChI is InChI=1S/C11H15F3N2O/c1-7(11(12,13)14)10-5-2-3-8(4-6-10)16(10)9(15)17/h2,5,7-8H,3-4,6H2,1H3,(H2,15,17)/t7-,8?,10?/m0/s1. The van der Waals surface area contributed by atoms with Gasteiger partial charge in [0.15, 0.2) is 0 Å². The van der Waals surface area contributed by atoms with Crippen LogP contribution in [-0.4, -0.2) is 28.7 Å². The third kappa shape index (κ3) is 1.70. The Hall–Kier alpha value is -1.20. The quantitative estimate of drug-likeness (QED) is 0.712. The van der Waals surface area contributed by atoms with E-state index in [2.05, 4.69) is 0 Å². The predicted octanol–water partition coefficient (Wildman–Crippen LogP) is 2.43. The summed E-state index contributed by atoms with van der Waals surface area (Å²) in [5.41, 5.74) is 3.97. The molecule has 0 aromatic rings. The highest BCUT2D eigenvalue weighted by Gasteiger charge is 2.58. The van der Waals surface area contributed by atoms with Gasteiger partial charge >= 0.3 is 12.2 Å². The molecule has 0 aliphatic carbocycles. The molecule has 2 aliphatic heterocycles. The van der Waals surface area contributed by atoms with E-state index in [1.807, 2.05) is 0 Å². The summed E-state index contributed by atoms with van der Waals surface area (Å²) < 4.78 is 38.7. The lowest BCUT2D eigenvalue weighted by Gasteiger charge is -2.44. The molecule has 2 aliphatic rings. The molecule has 0 spiro atoms. The zero-order valence-corrected chi connectivity index (χ0v) is 9.50. The second-order valence-electron chi connectivity index (χ2n) is 4.79. The Balaban J connectivity index is 2.42. The van der Waals surface area contributed by atoms with E-state index >= 15 is 0 Å². The van der Waals surface area contributed by atoms with Crippen molar-refractivity contribution >= 4 is 6.03 Å². The molecule has 1 saturated heterocycles. The molecule has 2 amide bonds. The van der Waals surface area contributed by atoms with Crippen molar-refractivity contribution < 1.29 is 18.0 Å². The molecular formula is C11H15F3N2O. The summed E-state index contributed by atoms with van der Waals surface area (Å²) in [6.07, 6.45) is 0.423. The number of urea groups is 1. The van der Waals surface area contributed by atoms with E-state index in [1.54, 1.807) is 6.08 Å². The summed E-state index contributed by atoms with van der Waals surface area (Å²) in [4.78, 5) is 12.6. The Labute approximate surface area is 97.4 Å². The average molecular weight is 248 g/mol. The highest BCUT2D eigenvalue weighted by molar-refractivity contribution is 5.75. The molecule has 3 atom stereocenters. The Morgan fingerprint density at radius 1 is 1.59 bits per heavy atom. The van der Waals surface area contributed by atoms with Gasteiger partial charge in [-0.25, -0.2) is 4.79 Å². The third-order valence-electron chi connectivity index (χ3n) is 3.98. The minimum Gasteiger partial charge on any atom is -0.351 e. The van der Waals surface area contributed by atoms with Crippen LogP contribution in [0, 0.1) is 5.92 Å². The number of primary amides is 1. The predicted molar refractivity (Wildman–Crippen MR) is 56.2 cm³/mol. The van der Waals surface area contributed by atoms with Crippen LogP contribution in [0.1, 0.15) is 26.2 Å². The number of nitrogens with zero attached hydrogens (tertiary/aromatic N) is 1. The second kappa shape index (κ2) is 3.65. The fraction of sp³-hybridized carbons (Fsp3) is 0.727. The van der Waals surface area contributed by atoms with Crippen molar-refractivity contribution in [2.45, 2.75) is 43.9 Å². The first kappa shape index (κ1) is 12.3. The molecule has 3 nitrogen and oxygen atoms in total. The summed E-state index contributed by atoms with van der Waals surface area (Å²) in [6, 6.07) is -0.935. The first-order chi connectivity index (χ1) is 7.79. The number of nitrogens with two attached hydrogens (primary N) is 1.